The minimum atomic E-state index is -0.174. The Hall–Kier alpha value is -0.900. The lowest BCUT2D eigenvalue weighted by atomic mass is 9.96. The zero-order valence-electron chi connectivity index (χ0n) is 12.1. The van der Waals surface area contributed by atoms with Crippen LogP contribution in [0.4, 0.5) is 0 Å². The molecule has 110 valence electrons. The first-order valence-electron chi connectivity index (χ1n) is 7.80. The van der Waals surface area contributed by atoms with E-state index in [2.05, 4.69) is 35.6 Å². The first-order chi connectivity index (χ1) is 9.80. The summed E-state index contributed by atoms with van der Waals surface area (Å²) in [7, 11) is 0. The van der Waals surface area contributed by atoms with Gasteiger partial charge in [0.15, 0.2) is 0 Å². The van der Waals surface area contributed by atoms with Gasteiger partial charge in [-0.2, -0.15) is 0 Å². The minimum Gasteiger partial charge on any atom is -0.394 e. The Kier molecular flexibility index (Phi) is 4.39. The van der Waals surface area contributed by atoms with Crippen LogP contribution in [0.5, 0.6) is 0 Å². The first-order valence-corrected chi connectivity index (χ1v) is 7.80. The highest BCUT2D eigenvalue weighted by Crippen LogP contribution is 2.31. The smallest absolute Gasteiger partial charge is 0.0675 e. The number of aliphatic hydroxyl groups is 1. The number of hydrogen-bond acceptors (Lipinski definition) is 3. The number of aliphatic hydroxyl groups excluding tert-OH is 1. The zero-order valence-corrected chi connectivity index (χ0v) is 12.1. The number of rotatable bonds is 5. The molecule has 20 heavy (non-hydrogen) atoms. The molecule has 0 amide bonds. The van der Waals surface area contributed by atoms with Crippen LogP contribution in [0.15, 0.2) is 30.3 Å². The Morgan fingerprint density at radius 2 is 2.10 bits per heavy atom. The first kappa shape index (κ1) is 14.1. The maximum atomic E-state index is 9.64. The Morgan fingerprint density at radius 1 is 1.25 bits per heavy atom. The summed E-state index contributed by atoms with van der Waals surface area (Å²) in [6, 6.07) is 11.3. The van der Waals surface area contributed by atoms with Crippen molar-refractivity contribution in [2.24, 2.45) is 5.92 Å². The topological polar surface area (TPSA) is 41.5 Å². The molecule has 1 saturated heterocycles. The van der Waals surface area contributed by atoms with Crippen LogP contribution in [0.3, 0.4) is 0 Å². The van der Waals surface area contributed by atoms with E-state index in [4.69, 9.17) is 4.74 Å². The van der Waals surface area contributed by atoms with Crippen molar-refractivity contribution in [3.05, 3.63) is 35.9 Å². The second kappa shape index (κ2) is 6.25. The van der Waals surface area contributed by atoms with E-state index >= 15 is 0 Å². The van der Waals surface area contributed by atoms with E-state index < -0.39 is 0 Å². The summed E-state index contributed by atoms with van der Waals surface area (Å²) >= 11 is 0. The van der Waals surface area contributed by atoms with Crippen LogP contribution < -0.4 is 5.32 Å². The van der Waals surface area contributed by atoms with E-state index in [0.717, 1.165) is 18.9 Å². The molecule has 3 atom stereocenters. The van der Waals surface area contributed by atoms with Crippen molar-refractivity contribution in [3.8, 4) is 0 Å². The summed E-state index contributed by atoms with van der Waals surface area (Å²) in [4.78, 5) is 0. The molecule has 1 saturated carbocycles. The van der Waals surface area contributed by atoms with Gasteiger partial charge in [-0.05, 0) is 43.6 Å². The summed E-state index contributed by atoms with van der Waals surface area (Å²) in [5.74, 6) is 0.771. The van der Waals surface area contributed by atoms with Gasteiger partial charge in [0, 0.05) is 12.6 Å². The van der Waals surface area contributed by atoms with E-state index in [0.29, 0.717) is 12.6 Å². The Bertz CT molecular complexity index is 414. The monoisotopic (exact) mass is 275 g/mol. The number of benzene rings is 1. The minimum absolute atomic E-state index is 0.174. The molecule has 0 radical (unpaired) electrons. The van der Waals surface area contributed by atoms with Crippen LogP contribution in [-0.2, 0) is 11.2 Å². The third-order valence-electron chi connectivity index (χ3n) is 4.82. The van der Waals surface area contributed by atoms with E-state index in [1.807, 2.05) is 0 Å². The Labute approximate surface area is 121 Å². The normalized spacial score (nSPS) is 33.6. The second-order valence-corrected chi connectivity index (χ2v) is 6.45. The van der Waals surface area contributed by atoms with Crippen molar-refractivity contribution >= 4 is 0 Å². The molecule has 0 spiro atoms. The summed E-state index contributed by atoms with van der Waals surface area (Å²) < 4.78 is 5.46. The van der Waals surface area contributed by atoms with Gasteiger partial charge in [-0.3, -0.25) is 0 Å². The fraction of sp³-hybridized carbons (Fsp3) is 0.647. The van der Waals surface area contributed by atoms with Crippen molar-refractivity contribution in [2.75, 3.05) is 19.8 Å². The van der Waals surface area contributed by atoms with Crippen molar-refractivity contribution in [2.45, 2.75) is 43.7 Å². The van der Waals surface area contributed by atoms with E-state index in [9.17, 15) is 5.11 Å². The molecule has 1 aromatic carbocycles. The predicted molar refractivity (Wildman–Crippen MR) is 79.7 cm³/mol. The molecule has 3 nitrogen and oxygen atoms in total. The molecule has 1 aliphatic heterocycles. The van der Waals surface area contributed by atoms with Crippen LogP contribution in [0.25, 0.3) is 0 Å². The van der Waals surface area contributed by atoms with Crippen molar-refractivity contribution < 1.29 is 9.84 Å². The summed E-state index contributed by atoms with van der Waals surface area (Å²) in [5.41, 5.74) is 1.27. The summed E-state index contributed by atoms with van der Waals surface area (Å²) in [6.07, 6.45) is 5.84. The average molecular weight is 275 g/mol. The number of hydrogen-bond donors (Lipinski definition) is 2. The van der Waals surface area contributed by atoms with Gasteiger partial charge < -0.3 is 15.2 Å². The standard InChI is InChI=1S/C17H25NO2/c19-12-17(8-9-20-13-17)18-16-7-6-15(11-16)10-14-4-2-1-3-5-14/h1-5,15-16,18-19H,6-13H2/t15-,16-,17+/m0/s1. The molecular weight excluding hydrogens is 250 g/mol. The lowest BCUT2D eigenvalue weighted by Gasteiger charge is -2.30. The maximum absolute atomic E-state index is 9.64. The van der Waals surface area contributed by atoms with Crippen LogP contribution >= 0.6 is 0 Å². The van der Waals surface area contributed by atoms with Gasteiger partial charge in [0.25, 0.3) is 0 Å². The van der Waals surface area contributed by atoms with Gasteiger partial charge in [-0.1, -0.05) is 30.3 Å². The highest BCUT2D eigenvalue weighted by molar-refractivity contribution is 5.15. The molecule has 0 aromatic heterocycles. The molecule has 0 unspecified atom stereocenters. The van der Waals surface area contributed by atoms with E-state index in [-0.39, 0.29) is 12.1 Å². The van der Waals surface area contributed by atoms with Gasteiger partial charge in [0.05, 0.1) is 18.8 Å². The largest absolute Gasteiger partial charge is 0.394 e. The van der Waals surface area contributed by atoms with Gasteiger partial charge in [0.2, 0.25) is 0 Å². The average Bonchev–Trinajstić information content (AvgIpc) is 3.11. The third kappa shape index (κ3) is 3.22. The lowest BCUT2D eigenvalue weighted by molar-refractivity contribution is 0.112. The summed E-state index contributed by atoms with van der Waals surface area (Å²) in [5, 5.41) is 13.3. The van der Waals surface area contributed by atoms with Gasteiger partial charge in [-0.25, -0.2) is 0 Å². The Morgan fingerprint density at radius 3 is 2.80 bits per heavy atom. The Balaban J connectivity index is 1.52. The van der Waals surface area contributed by atoms with Gasteiger partial charge in [0.1, 0.15) is 0 Å². The molecule has 2 N–H and O–H groups in total. The maximum Gasteiger partial charge on any atom is 0.0675 e. The van der Waals surface area contributed by atoms with Crippen LogP contribution in [0.1, 0.15) is 31.2 Å². The second-order valence-electron chi connectivity index (χ2n) is 6.45. The van der Waals surface area contributed by atoms with Crippen LogP contribution in [-0.4, -0.2) is 36.5 Å². The molecule has 0 bridgehead atoms. The van der Waals surface area contributed by atoms with Crippen LogP contribution in [0, 0.1) is 5.92 Å². The SMILES string of the molecule is OC[C@]1(N[C@H]2CC[C@@H](Cc3ccccc3)C2)CCOC1. The molecule has 1 heterocycles. The number of nitrogens with one attached hydrogen (secondary N) is 1. The zero-order chi connectivity index (χ0) is 13.8. The fourth-order valence-electron chi connectivity index (χ4n) is 3.66. The third-order valence-corrected chi connectivity index (χ3v) is 4.82. The van der Waals surface area contributed by atoms with E-state index in [1.165, 1.54) is 31.2 Å². The molecule has 3 heteroatoms. The van der Waals surface area contributed by atoms with Crippen molar-refractivity contribution in [1.29, 1.82) is 0 Å². The molecular formula is C17H25NO2. The highest BCUT2D eigenvalue weighted by Gasteiger charge is 2.38. The quantitative estimate of drug-likeness (QED) is 0.865. The molecule has 2 aliphatic rings. The van der Waals surface area contributed by atoms with Gasteiger partial charge >= 0.3 is 0 Å². The van der Waals surface area contributed by atoms with Gasteiger partial charge in [-0.15, -0.1) is 0 Å². The van der Waals surface area contributed by atoms with Crippen LogP contribution in [0.2, 0.25) is 0 Å². The predicted octanol–water partition coefficient (Wildman–Crippen LogP) is 2.14. The van der Waals surface area contributed by atoms with E-state index in [1.54, 1.807) is 0 Å². The summed E-state index contributed by atoms with van der Waals surface area (Å²) in [6.45, 7) is 1.62. The molecule has 3 rings (SSSR count). The lowest BCUT2D eigenvalue weighted by Crippen LogP contribution is -2.53. The highest BCUT2D eigenvalue weighted by atomic mass is 16.5. The molecule has 2 fully saturated rings. The molecule has 1 aliphatic carbocycles. The van der Waals surface area contributed by atoms with Crippen molar-refractivity contribution in [1.82, 2.24) is 5.32 Å². The molecule has 1 aromatic rings. The van der Waals surface area contributed by atoms with Crippen molar-refractivity contribution in [3.63, 3.8) is 0 Å². The fourth-order valence-corrected chi connectivity index (χ4v) is 3.66. The number of ether oxygens (including phenoxy) is 1.